The fourth-order valence-electron chi connectivity index (χ4n) is 1.21. The van der Waals surface area contributed by atoms with Crippen LogP contribution in [0.4, 0.5) is 11.8 Å². The van der Waals surface area contributed by atoms with Gasteiger partial charge in [0.05, 0.1) is 0 Å². The van der Waals surface area contributed by atoms with Gasteiger partial charge in [-0.3, -0.25) is 14.9 Å². The van der Waals surface area contributed by atoms with Gasteiger partial charge in [0.15, 0.2) is 0 Å². The maximum atomic E-state index is 11.5. The molecule has 0 radical (unpaired) electrons. The van der Waals surface area contributed by atoms with Gasteiger partial charge < -0.3 is 5.32 Å². The van der Waals surface area contributed by atoms with Gasteiger partial charge in [-0.15, -0.1) is 0 Å². The Morgan fingerprint density at radius 1 is 1.22 bits per heavy atom. The van der Waals surface area contributed by atoms with Gasteiger partial charge >= 0.3 is 11.8 Å². The monoisotopic (exact) mass is 246 g/mol. The Morgan fingerprint density at radius 2 is 2.00 bits per heavy atom. The van der Waals surface area contributed by atoms with E-state index in [9.17, 15) is 9.59 Å². The first-order valence-electron chi connectivity index (χ1n) is 5.05. The highest BCUT2D eigenvalue weighted by atomic mass is 16.2. The van der Waals surface area contributed by atoms with Crippen molar-refractivity contribution in [3.63, 3.8) is 0 Å². The summed E-state index contributed by atoms with van der Waals surface area (Å²) in [7, 11) is 0. The molecule has 0 spiro atoms. The van der Waals surface area contributed by atoms with Crippen molar-refractivity contribution < 1.29 is 9.59 Å². The minimum atomic E-state index is -0.852. The van der Waals surface area contributed by atoms with Gasteiger partial charge in [0.1, 0.15) is 12.1 Å². The molecule has 18 heavy (non-hydrogen) atoms. The zero-order valence-electron chi connectivity index (χ0n) is 9.47. The second-order valence-electron chi connectivity index (χ2n) is 3.46. The maximum Gasteiger partial charge on any atom is 0.316 e. The number of hydrogen-bond acceptors (Lipinski definition) is 5. The average Bonchev–Trinajstić information content (AvgIpc) is 2.81. The normalized spacial score (nSPS) is 9.83. The highest BCUT2D eigenvalue weighted by molar-refractivity contribution is 6.43. The van der Waals surface area contributed by atoms with Gasteiger partial charge in [0.25, 0.3) is 0 Å². The first-order valence-corrected chi connectivity index (χ1v) is 5.05. The fraction of sp³-hybridized carbons (Fsp3) is 0.100. The molecule has 0 unspecified atom stereocenters. The molecule has 2 rings (SSSR count). The van der Waals surface area contributed by atoms with E-state index in [0.29, 0.717) is 5.82 Å². The summed E-state index contributed by atoms with van der Waals surface area (Å²) in [4.78, 5) is 30.6. The van der Waals surface area contributed by atoms with Crippen LogP contribution in [0.1, 0.15) is 5.56 Å². The van der Waals surface area contributed by atoms with Crippen LogP contribution < -0.4 is 10.6 Å². The highest BCUT2D eigenvalue weighted by Gasteiger charge is 2.15. The molecule has 0 bridgehead atoms. The van der Waals surface area contributed by atoms with E-state index in [0.717, 1.165) is 5.56 Å². The molecule has 92 valence electrons. The summed E-state index contributed by atoms with van der Waals surface area (Å²) in [5.74, 6) is -1.26. The minimum absolute atomic E-state index is 0.104. The van der Waals surface area contributed by atoms with E-state index in [4.69, 9.17) is 0 Å². The quantitative estimate of drug-likeness (QED) is 0.650. The lowest BCUT2D eigenvalue weighted by Crippen LogP contribution is -2.29. The molecule has 0 fully saturated rings. The van der Waals surface area contributed by atoms with Crippen LogP contribution >= 0.6 is 0 Å². The third kappa shape index (κ3) is 2.88. The standard InChI is InChI=1S/C10H10N6O2/c1-6-2-3-11-7(4-6)14-8(17)9(18)15-10-12-5-13-16-10/h2-5H,1H3,(H,11,14,17)(H2,12,13,15,16,18). The van der Waals surface area contributed by atoms with Gasteiger partial charge in [0, 0.05) is 6.20 Å². The summed E-state index contributed by atoms with van der Waals surface area (Å²) in [5.41, 5.74) is 0.927. The molecule has 8 nitrogen and oxygen atoms in total. The molecule has 0 aliphatic heterocycles. The van der Waals surface area contributed by atoms with Gasteiger partial charge in [-0.2, -0.15) is 10.1 Å². The summed E-state index contributed by atoms with van der Waals surface area (Å²) in [6.07, 6.45) is 2.76. The number of H-pyrrole nitrogens is 1. The fourth-order valence-corrected chi connectivity index (χ4v) is 1.21. The van der Waals surface area contributed by atoms with Gasteiger partial charge in [-0.05, 0) is 24.6 Å². The number of aromatic nitrogens is 4. The number of aromatic amines is 1. The Bertz CT molecular complexity index is 566. The average molecular weight is 246 g/mol. The van der Waals surface area contributed by atoms with E-state index < -0.39 is 11.8 Å². The molecule has 8 heteroatoms. The number of carbonyl (C=O) groups excluding carboxylic acids is 2. The summed E-state index contributed by atoms with van der Waals surface area (Å²) in [5, 5.41) is 10.6. The number of rotatable bonds is 2. The van der Waals surface area contributed by atoms with Crippen LogP contribution in [0.5, 0.6) is 0 Å². The third-order valence-corrected chi connectivity index (χ3v) is 2.01. The molecule has 0 aromatic carbocycles. The Kier molecular flexibility index (Phi) is 3.28. The number of hydrogen-bond donors (Lipinski definition) is 3. The van der Waals surface area contributed by atoms with E-state index in [-0.39, 0.29) is 5.95 Å². The van der Waals surface area contributed by atoms with Crippen LogP contribution in [0.15, 0.2) is 24.7 Å². The second kappa shape index (κ2) is 5.04. The summed E-state index contributed by atoms with van der Waals surface area (Å²) < 4.78 is 0. The zero-order valence-corrected chi connectivity index (χ0v) is 9.47. The zero-order chi connectivity index (χ0) is 13.0. The molecule has 0 aliphatic carbocycles. The maximum absolute atomic E-state index is 11.5. The predicted octanol–water partition coefficient (Wildman–Crippen LogP) is 0.0853. The Labute approximate surface area is 102 Å². The number of pyridine rings is 1. The largest absolute Gasteiger partial charge is 0.316 e. The predicted molar refractivity (Wildman–Crippen MR) is 62.6 cm³/mol. The van der Waals surface area contributed by atoms with E-state index in [1.165, 1.54) is 6.33 Å². The van der Waals surface area contributed by atoms with E-state index >= 15 is 0 Å². The lowest BCUT2D eigenvalue weighted by molar-refractivity contribution is -0.133. The first-order chi connectivity index (χ1) is 8.65. The first kappa shape index (κ1) is 11.7. The van der Waals surface area contributed by atoms with E-state index in [1.807, 2.05) is 6.92 Å². The number of nitrogens with zero attached hydrogens (tertiary/aromatic N) is 3. The molecule has 2 heterocycles. The van der Waals surface area contributed by atoms with Gasteiger partial charge in [-0.1, -0.05) is 0 Å². The molecule has 3 N–H and O–H groups in total. The smallest absolute Gasteiger partial charge is 0.302 e. The summed E-state index contributed by atoms with van der Waals surface area (Å²) >= 11 is 0. The van der Waals surface area contributed by atoms with Crippen molar-refractivity contribution in [2.75, 3.05) is 10.6 Å². The number of anilines is 2. The second-order valence-corrected chi connectivity index (χ2v) is 3.46. The number of aryl methyl sites for hydroxylation is 1. The lowest BCUT2D eigenvalue weighted by Gasteiger charge is -2.04. The van der Waals surface area contributed by atoms with Crippen molar-refractivity contribution >= 4 is 23.6 Å². The van der Waals surface area contributed by atoms with Crippen molar-refractivity contribution in [2.45, 2.75) is 6.92 Å². The molecule has 0 saturated carbocycles. The molecule has 0 aliphatic rings. The summed E-state index contributed by atoms with van der Waals surface area (Å²) in [6, 6.07) is 3.43. The molecule has 2 aromatic rings. The van der Waals surface area contributed by atoms with E-state index in [2.05, 4.69) is 30.8 Å². The molecule has 0 atom stereocenters. The van der Waals surface area contributed by atoms with E-state index in [1.54, 1.807) is 18.3 Å². The van der Waals surface area contributed by atoms with Crippen molar-refractivity contribution in [2.24, 2.45) is 0 Å². The van der Waals surface area contributed by atoms with Crippen molar-refractivity contribution in [3.8, 4) is 0 Å². The Hall–Kier alpha value is -2.77. The van der Waals surface area contributed by atoms with Crippen LogP contribution in [0, 0.1) is 6.92 Å². The minimum Gasteiger partial charge on any atom is -0.302 e. The van der Waals surface area contributed by atoms with Crippen molar-refractivity contribution in [3.05, 3.63) is 30.2 Å². The van der Waals surface area contributed by atoms with Crippen LogP contribution in [0.3, 0.4) is 0 Å². The Balaban J connectivity index is 1.97. The number of amides is 2. The van der Waals surface area contributed by atoms with Crippen molar-refractivity contribution in [1.82, 2.24) is 20.2 Å². The van der Waals surface area contributed by atoms with Crippen LogP contribution in [-0.4, -0.2) is 32.0 Å². The Morgan fingerprint density at radius 3 is 2.67 bits per heavy atom. The SMILES string of the molecule is Cc1ccnc(NC(=O)C(=O)Nc2ncn[nH]2)c1. The van der Waals surface area contributed by atoms with Gasteiger partial charge in [0.2, 0.25) is 5.95 Å². The molecular weight excluding hydrogens is 236 g/mol. The molecule has 0 saturated heterocycles. The van der Waals surface area contributed by atoms with Crippen LogP contribution in [0.25, 0.3) is 0 Å². The highest BCUT2D eigenvalue weighted by Crippen LogP contribution is 2.05. The van der Waals surface area contributed by atoms with Crippen LogP contribution in [-0.2, 0) is 9.59 Å². The molecule has 2 aromatic heterocycles. The van der Waals surface area contributed by atoms with Crippen molar-refractivity contribution in [1.29, 1.82) is 0 Å². The van der Waals surface area contributed by atoms with Gasteiger partial charge in [-0.25, -0.2) is 10.1 Å². The van der Waals surface area contributed by atoms with Crippen LogP contribution in [0.2, 0.25) is 0 Å². The lowest BCUT2D eigenvalue weighted by atomic mass is 10.3. The number of carbonyl (C=O) groups is 2. The number of nitrogens with one attached hydrogen (secondary N) is 3. The molecule has 2 amide bonds. The summed E-state index contributed by atoms with van der Waals surface area (Å²) in [6.45, 7) is 1.85. The molecular formula is C10H10N6O2. The topological polar surface area (TPSA) is 113 Å². The third-order valence-electron chi connectivity index (χ3n) is 2.01.